The van der Waals surface area contributed by atoms with Crippen LogP contribution < -0.4 is 10.1 Å². The van der Waals surface area contributed by atoms with Gasteiger partial charge in [0, 0.05) is 11.1 Å². The molecule has 0 bridgehead atoms. The molecule has 1 saturated heterocycles. The van der Waals surface area contributed by atoms with Gasteiger partial charge in [0.05, 0.1) is 11.1 Å². The smallest absolute Gasteiger partial charge is 0.134 e. The van der Waals surface area contributed by atoms with Crippen molar-refractivity contribution in [2.75, 3.05) is 13.2 Å². The van der Waals surface area contributed by atoms with Crippen molar-refractivity contribution >= 4 is 39.9 Å². The van der Waals surface area contributed by atoms with Crippen LogP contribution in [0.15, 0.2) is 10.5 Å². The Hall–Kier alpha value is 0.0400. The molecule has 0 aliphatic carbocycles. The highest BCUT2D eigenvalue weighted by Crippen LogP contribution is 2.35. The summed E-state index contributed by atoms with van der Waals surface area (Å²) in [4.78, 5) is 0. The summed E-state index contributed by atoms with van der Waals surface area (Å²) < 4.78 is 6.88. The maximum atomic E-state index is 6.22. The Balaban J connectivity index is 0.00000200. The van der Waals surface area contributed by atoms with E-state index in [0.29, 0.717) is 6.04 Å². The van der Waals surface area contributed by atoms with E-state index in [2.05, 4.69) is 21.2 Å². The molecule has 2 rings (SSSR count). The average molecular weight is 383 g/mol. The largest absolute Gasteiger partial charge is 0.492 e. The molecule has 1 heterocycles. The second-order valence-corrected chi connectivity index (χ2v) is 6.40. The van der Waals surface area contributed by atoms with Crippen LogP contribution in [0.1, 0.15) is 36.8 Å². The summed E-state index contributed by atoms with van der Waals surface area (Å²) in [5.74, 6) is 0.898. The minimum atomic E-state index is 0. The lowest BCUT2D eigenvalue weighted by Crippen LogP contribution is -2.35. The zero-order valence-corrected chi connectivity index (χ0v) is 15.1. The first-order valence-corrected chi connectivity index (χ1v) is 8.08. The Kier molecular flexibility index (Phi) is 7.67. The first-order valence-electron chi connectivity index (χ1n) is 6.91. The zero-order valence-electron chi connectivity index (χ0n) is 12.0. The molecular weight excluding hydrogens is 361 g/mol. The topological polar surface area (TPSA) is 21.3 Å². The summed E-state index contributed by atoms with van der Waals surface area (Å²) in [6, 6.07) is 2.62. The second-order valence-electron chi connectivity index (χ2n) is 5.23. The van der Waals surface area contributed by atoms with Crippen molar-refractivity contribution in [2.45, 2.75) is 45.6 Å². The van der Waals surface area contributed by atoms with E-state index in [4.69, 9.17) is 16.3 Å². The number of hydrogen-bond acceptors (Lipinski definition) is 2. The highest BCUT2D eigenvalue weighted by atomic mass is 79.9. The molecule has 2 nitrogen and oxygen atoms in total. The lowest BCUT2D eigenvalue weighted by atomic mass is 10.0. The van der Waals surface area contributed by atoms with Crippen molar-refractivity contribution < 1.29 is 4.74 Å². The third kappa shape index (κ3) is 4.52. The van der Waals surface area contributed by atoms with Crippen LogP contribution >= 0.6 is 39.9 Å². The lowest BCUT2D eigenvalue weighted by Gasteiger charge is -2.23. The minimum absolute atomic E-state index is 0. The van der Waals surface area contributed by atoms with Gasteiger partial charge >= 0.3 is 0 Å². The molecule has 5 heteroatoms. The SMILES string of the molecule is Cc1cc(OCCC2CCCCN2)c(Br)c(C)c1Cl.Cl. The zero-order chi connectivity index (χ0) is 13.8. The summed E-state index contributed by atoms with van der Waals surface area (Å²) >= 11 is 9.78. The van der Waals surface area contributed by atoms with Gasteiger partial charge in [-0.1, -0.05) is 18.0 Å². The fourth-order valence-electron chi connectivity index (χ4n) is 2.49. The van der Waals surface area contributed by atoms with Gasteiger partial charge in [0.2, 0.25) is 0 Å². The Labute approximate surface area is 141 Å². The molecule has 1 aliphatic heterocycles. The van der Waals surface area contributed by atoms with Gasteiger partial charge in [0.15, 0.2) is 0 Å². The van der Waals surface area contributed by atoms with Crippen molar-refractivity contribution in [3.8, 4) is 5.75 Å². The molecular formula is C15H22BrCl2NO. The molecule has 1 fully saturated rings. The summed E-state index contributed by atoms with van der Waals surface area (Å²) in [6.07, 6.45) is 4.97. The number of piperidine rings is 1. The Bertz CT molecular complexity index is 448. The van der Waals surface area contributed by atoms with Crippen LogP contribution in [-0.4, -0.2) is 19.2 Å². The van der Waals surface area contributed by atoms with E-state index in [1.54, 1.807) is 0 Å². The van der Waals surface area contributed by atoms with Gasteiger partial charge in [-0.3, -0.25) is 0 Å². The molecule has 0 aromatic heterocycles. The summed E-state index contributed by atoms with van der Waals surface area (Å²) in [6.45, 7) is 5.91. The number of benzene rings is 1. The molecule has 1 N–H and O–H groups in total. The molecule has 1 aromatic rings. The summed E-state index contributed by atoms with van der Waals surface area (Å²) in [5.41, 5.74) is 2.11. The lowest BCUT2D eigenvalue weighted by molar-refractivity contribution is 0.267. The van der Waals surface area contributed by atoms with Crippen molar-refractivity contribution in [2.24, 2.45) is 0 Å². The number of ether oxygens (including phenoxy) is 1. The van der Waals surface area contributed by atoms with Crippen molar-refractivity contribution in [1.82, 2.24) is 5.32 Å². The third-order valence-corrected chi connectivity index (χ3v) is 5.27. The molecule has 114 valence electrons. The summed E-state index contributed by atoms with van der Waals surface area (Å²) in [5, 5.41) is 4.35. The van der Waals surface area contributed by atoms with Crippen LogP contribution in [0.3, 0.4) is 0 Å². The predicted molar refractivity (Wildman–Crippen MR) is 91.6 cm³/mol. The fourth-order valence-corrected chi connectivity index (χ4v) is 3.18. The molecule has 1 unspecified atom stereocenters. The van der Waals surface area contributed by atoms with Crippen LogP contribution in [0.25, 0.3) is 0 Å². The monoisotopic (exact) mass is 381 g/mol. The van der Waals surface area contributed by atoms with Gasteiger partial charge in [0.1, 0.15) is 5.75 Å². The fraction of sp³-hybridized carbons (Fsp3) is 0.600. The quantitative estimate of drug-likeness (QED) is 0.786. The average Bonchev–Trinajstić information content (AvgIpc) is 2.43. The van der Waals surface area contributed by atoms with E-state index >= 15 is 0 Å². The van der Waals surface area contributed by atoms with Gasteiger partial charge in [0.25, 0.3) is 0 Å². The standard InChI is InChI=1S/C15H21BrClNO.ClH/c1-10-9-13(14(16)11(2)15(10)17)19-8-6-12-5-3-4-7-18-12;/h9,12,18H,3-8H2,1-2H3;1H. The second kappa shape index (κ2) is 8.47. The maximum absolute atomic E-state index is 6.22. The molecule has 20 heavy (non-hydrogen) atoms. The molecule has 0 saturated carbocycles. The number of halogens is 3. The number of hydrogen-bond donors (Lipinski definition) is 1. The van der Waals surface area contributed by atoms with E-state index in [1.165, 1.54) is 19.3 Å². The molecule has 1 aliphatic rings. The molecule has 1 atom stereocenters. The highest BCUT2D eigenvalue weighted by Gasteiger charge is 2.14. The van der Waals surface area contributed by atoms with E-state index in [0.717, 1.165) is 45.9 Å². The van der Waals surface area contributed by atoms with Crippen LogP contribution in [0.4, 0.5) is 0 Å². The van der Waals surface area contributed by atoms with E-state index in [9.17, 15) is 0 Å². The first kappa shape index (κ1) is 18.1. The van der Waals surface area contributed by atoms with Crippen molar-refractivity contribution in [3.05, 3.63) is 26.7 Å². The Morgan fingerprint density at radius 2 is 2.15 bits per heavy atom. The molecule has 1 aromatic carbocycles. The Morgan fingerprint density at radius 3 is 2.80 bits per heavy atom. The van der Waals surface area contributed by atoms with Gasteiger partial charge < -0.3 is 10.1 Å². The van der Waals surface area contributed by atoms with Gasteiger partial charge in [-0.2, -0.15) is 0 Å². The van der Waals surface area contributed by atoms with Crippen molar-refractivity contribution in [1.29, 1.82) is 0 Å². The van der Waals surface area contributed by atoms with Crippen LogP contribution in [-0.2, 0) is 0 Å². The van der Waals surface area contributed by atoms with Crippen molar-refractivity contribution in [3.63, 3.8) is 0 Å². The molecule has 0 spiro atoms. The number of aryl methyl sites for hydroxylation is 1. The van der Waals surface area contributed by atoms with E-state index in [1.807, 2.05) is 19.9 Å². The minimum Gasteiger partial charge on any atom is -0.492 e. The van der Waals surface area contributed by atoms with E-state index < -0.39 is 0 Å². The van der Waals surface area contributed by atoms with Crippen LogP contribution in [0, 0.1) is 13.8 Å². The van der Waals surface area contributed by atoms with Gasteiger partial charge in [-0.05, 0) is 72.8 Å². The maximum Gasteiger partial charge on any atom is 0.134 e. The first-order chi connectivity index (χ1) is 9.09. The number of rotatable bonds is 4. The predicted octanol–water partition coefficient (Wildman–Crippen LogP) is 5.05. The Morgan fingerprint density at radius 1 is 1.40 bits per heavy atom. The molecule has 0 amide bonds. The van der Waals surface area contributed by atoms with Gasteiger partial charge in [-0.25, -0.2) is 0 Å². The highest BCUT2D eigenvalue weighted by molar-refractivity contribution is 9.10. The van der Waals surface area contributed by atoms with Crippen LogP contribution in [0.5, 0.6) is 5.75 Å². The normalized spacial score (nSPS) is 18.5. The number of nitrogens with one attached hydrogen (secondary N) is 1. The third-order valence-electron chi connectivity index (χ3n) is 3.70. The van der Waals surface area contributed by atoms with Crippen LogP contribution in [0.2, 0.25) is 5.02 Å². The molecule has 0 radical (unpaired) electrons. The van der Waals surface area contributed by atoms with E-state index in [-0.39, 0.29) is 12.4 Å². The summed E-state index contributed by atoms with van der Waals surface area (Å²) in [7, 11) is 0. The van der Waals surface area contributed by atoms with Gasteiger partial charge in [-0.15, -0.1) is 12.4 Å².